The van der Waals surface area contributed by atoms with Crippen molar-refractivity contribution in [3.63, 3.8) is 0 Å². The number of hydrogen-bond donors (Lipinski definition) is 3. The summed E-state index contributed by atoms with van der Waals surface area (Å²) in [6, 6.07) is 7.12. The van der Waals surface area contributed by atoms with Crippen molar-refractivity contribution in [2.45, 2.75) is 91.3 Å². The largest absolute Gasteiger partial charge is 0.444 e. The zero-order valence-corrected chi connectivity index (χ0v) is 24.3. The Bertz CT molecular complexity index is 945. The predicted octanol–water partition coefficient (Wildman–Crippen LogP) is 4.38. The highest BCUT2D eigenvalue weighted by Gasteiger charge is 2.26. The van der Waals surface area contributed by atoms with E-state index in [4.69, 9.17) is 9.47 Å². The van der Waals surface area contributed by atoms with Crippen molar-refractivity contribution in [2.75, 3.05) is 13.1 Å². The molecule has 36 heavy (non-hydrogen) atoms. The van der Waals surface area contributed by atoms with Crippen LogP contribution >= 0.6 is 0 Å². The summed E-state index contributed by atoms with van der Waals surface area (Å²) in [4.78, 5) is 37.0. The van der Waals surface area contributed by atoms with Gasteiger partial charge in [0.1, 0.15) is 25.3 Å². The maximum atomic E-state index is 12.8. The SMILES string of the molecule is CC(C)(C)OC(=O)NC[C@H](NC(=O)OC(C)(C)C)C(=O)NCCCc1ccc(C#C[Si](C)(C)C)cc1. The molecule has 0 unspecified atom stereocenters. The minimum atomic E-state index is -1.41. The van der Waals surface area contributed by atoms with E-state index in [1.165, 1.54) is 0 Å². The molecule has 0 fully saturated rings. The number of nitrogens with one attached hydrogen (secondary N) is 3. The molecule has 0 aliphatic carbocycles. The van der Waals surface area contributed by atoms with Crippen LogP contribution in [0.3, 0.4) is 0 Å². The molecule has 9 heteroatoms. The summed E-state index contributed by atoms with van der Waals surface area (Å²) in [7, 11) is -1.41. The van der Waals surface area contributed by atoms with Crippen LogP contribution in [0.5, 0.6) is 0 Å². The molecule has 1 rings (SSSR count). The second-order valence-electron chi connectivity index (χ2n) is 11.7. The molecule has 0 saturated carbocycles. The lowest BCUT2D eigenvalue weighted by Gasteiger charge is -2.24. The molecule has 0 aromatic heterocycles. The van der Waals surface area contributed by atoms with E-state index in [9.17, 15) is 14.4 Å². The summed E-state index contributed by atoms with van der Waals surface area (Å²) in [5.41, 5.74) is 4.11. The third-order valence-corrected chi connectivity index (χ3v) is 5.21. The van der Waals surface area contributed by atoms with E-state index in [1.807, 2.05) is 24.3 Å². The van der Waals surface area contributed by atoms with Crippen molar-refractivity contribution < 1.29 is 23.9 Å². The molecule has 1 atom stereocenters. The average Bonchev–Trinajstić information content (AvgIpc) is 2.70. The Balaban J connectivity index is 2.64. The van der Waals surface area contributed by atoms with Crippen LogP contribution in [-0.2, 0) is 20.7 Å². The van der Waals surface area contributed by atoms with E-state index in [-0.39, 0.29) is 6.54 Å². The molecule has 0 radical (unpaired) electrons. The first kappa shape index (κ1) is 31.0. The number of carbonyl (C=O) groups excluding carboxylic acids is 3. The number of ether oxygens (including phenoxy) is 2. The van der Waals surface area contributed by atoms with Crippen LogP contribution in [0.25, 0.3) is 0 Å². The monoisotopic (exact) mass is 517 g/mol. The second kappa shape index (κ2) is 13.4. The topological polar surface area (TPSA) is 106 Å². The third kappa shape index (κ3) is 15.1. The van der Waals surface area contributed by atoms with Crippen LogP contribution in [-0.4, -0.2) is 56.5 Å². The minimum absolute atomic E-state index is 0.139. The lowest BCUT2D eigenvalue weighted by Crippen LogP contribution is -2.54. The van der Waals surface area contributed by atoms with Gasteiger partial charge in [0.25, 0.3) is 0 Å². The van der Waals surface area contributed by atoms with Gasteiger partial charge in [-0.15, -0.1) is 5.54 Å². The van der Waals surface area contributed by atoms with Crippen LogP contribution in [0.2, 0.25) is 19.6 Å². The Labute approximate surface area is 217 Å². The van der Waals surface area contributed by atoms with Gasteiger partial charge < -0.3 is 25.4 Å². The third-order valence-electron chi connectivity index (χ3n) is 4.33. The van der Waals surface area contributed by atoms with E-state index in [1.54, 1.807) is 41.5 Å². The van der Waals surface area contributed by atoms with E-state index >= 15 is 0 Å². The van der Waals surface area contributed by atoms with Gasteiger partial charge in [-0.05, 0) is 72.1 Å². The van der Waals surface area contributed by atoms with Crippen molar-refractivity contribution in [1.82, 2.24) is 16.0 Å². The average molecular weight is 518 g/mol. The van der Waals surface area contributed by atoms with E-state index < -0.39 is 43.4 Å². The first-order valence-electron chi connectivity index (χ1n) is 12.3. The molecule has 0 aliphatic heterocycles. The Morgan fingerprint density at radius 1 is 0.889 bits per heavy atom. The Hall–Kier alpha value is -2.99. The number of amides is 3. The van der Waals surface area contributed by atoms with Crippen LogP contribution in [0, 0.1) is 11.5 Å². The number of benzene rings is 1. The molecule has 0 heterocycles. The Kier molecular flexibility index (Phi) is 11.5. The quantitative estimate of drug-likeness (QED) is 0.270. The van der Waals surface area contributed by atoms with Crippen molar-refractivity contribution in [2.24, 2.45) is 0 Å². The fourth-order valence-electron chi connectivity index (χ4n) is 2.80. The van der Waals surface area contributed by atoms with E-state index in [0.29, 0.717) is 13.0 Å². The molecule has 1 aromatic rings. The van der Waals surface area contributed by atoms with Gasteiger partial charge in [-0.3, -0.25) is 4.79 Å². The highest BCUT2D eigenvalue weighted by Crippen LogP contribution is 2.09. The number of carbonyl (C=O) groups is 3. The first-order valence-corrected chi connectivity index (χ1v) is 15.8. The summed E-state index contributed by atoms with van der Waals surface area (Å²) >= 11 is 0. The second-order valence-corrected chi connectivity index (χ2v) is 16.4. The maximum absolute atomic E-state index is 12.8. The zero-order valence-electron chi connectivity index (χ0n) is 23.3. The maximum Gasteiger partial charge on any atom is 0.408 e. The molecule has 8 nitrogen and oxygen atoms in total. The smallest absolute Gasteiger partial charge is 0.408 e. The van der Waals surface area contributed by atoms with Gasteiger partial charge in [-0.25, -0.2) is 9.59 Å². The molecule has 0 saturated heterocycles. The summed E-state index contributed by atoms with van der Waals surface area (Å²) in [6.45, 7) is 17.3. The number of rotatable bonds is 8. The van der Waals surface area contributed by atoms with E-state index in [2.05, 4.69) is 47.1 Å². The molecular weight excluding hydrogens is 474 g/mol. The lowest BCUT2D eigenvalue weighted by atomic mass is 10.1. The first-order chi connectivity index (χ1) is 16.4. The fraction of sp³-hybridized carbons (Fsp3) is 0.593. The number of aryl methyl sites for hydroxylation is 1. The van der Waals surface area contributed by atoms with Crippen molar-refractivity contribution in [3.8, 4) is 11.5 Å². The molecular formula is C27H43N3O5Si. The van der Waals surface area contributed by atoms with E-state index in [0.717, 1.165) is 17.5 Å². The highest BCUT2D eigenvalue weighted by molar-refractivity contribution is 6.83. The van der Waals surface area contributed by atoms with Crippen molar-refractivity contribution in [1.29, 1.82) is 0 Å². The van der Waals surface area contributed by atoms with Crippen LogP contribution in [0.4, 0.5) is 9.59 Å². The highest BCUT2D eigenvalue weighted by atomic mass is 28.3. The molecule has 0 spiro atoms. The number of alkyl carbamates (subject to hydrolysis) is 2. The Morgan fingerprint density at radius 2 is 1.44 bits per heavy atom. The minimum Gasteiger partial charge on any atom is -0.444 e. The normalized spacial score (nSPS) is 12.5. The predicted molar refractivity (Wildman–Crippen MR) is 145 cm³/mol. The number of hydrogen-bond acceptors (Lipinski definition) is 5. The van der Waals surface area contributed by atoms with Gasteiger partial charge in [0.05, 0.1) is 6.54 Å². The molecule has 0 bridgehead atoms. The Morgan fingerprint density at radius 3 is 1.97 bits per heavy atom. The van der Waals surface area contributed by atoms with Gasteiger partial charge in [0.2, 0.25) is 5.91 Å². The summed E-state index contributed by atoms with van der Waals surface area (Å²) in [5, 5.41) is 7.88. The fourth-order valence-corrected chi connectivity index (χ4v) is 3.32. The molecule has 3 N–H and O–H groups in total. The molecule has 0 aliphatic rings. The molecule has 1 aromatic carbocycles. The van der Waals surface area contributed by atoms with Gasteiger partial charge in [-0.1, -0.05) is 37.7 Å². The van der Waals surface area contributed by atoms with Gasteiger partial charge in [-0.2, -0.15) is 0 Å². The standard InChI is InChI=1S/C27H43N3O5Si/c1-26(2,3)34-24(32)29-19-22(30-25(33)35-27(4,5)6)23(31)28-17-10-11-20-12-14-21(15-13-20)16-18-36(7,8)9/h12-15,22H,10-11,17,19H2,1-9H3,(H,28,31)(H,29,32)(H,30,33)/t22-/m0/s1. The summed E-state index contributed by atoms with van der Waals surface area (Å²) in [5.74, 6) is 2.82. The van der Waals surface area contributed by atoms with Crippen LogP contribution < -0.4 is 16.0 Å². The summed E-state index contributed by atoms with van der Waals surface area (Å²) < 4.78 is 10.5. The zero-order chi connectivity index (χ0) is 27.6. The summed E-state index contributed by atoms with van der Waals surface area (Å²) in [6.07, 6.45) is 0.0716. The lowest BCUT2D eigenvalue weighted by molar-refractivity contribution is -0.123. The van der Waals surface area contributed by atoms with Crippen molar-refractivity contribution in [3.05, 3.63) is 35.4 Å². The van der Waals surface area contributed by atoms with Crippen LogP contribution in [0.15, 0.2) is 24.3 Å². The molecule has 200 valence electrons. The van der Waals surface area contributed by atoms with Crippen molar-refractivity contribution >= 4 is 26.2 Å². The van der Waals surface area contributed by atoms with Gasteiger partial charge in [0, 0.05) is 12.1 Å². The van der Waals surface area contributed by atoms with Crippen LogP contribution in [0.1, 0.15) is 59.1 Å². The molecule has 3 amide bonds. The van der Waals surface area contributed by atoms with Gasteiger partial charge >= 0.3 is 12.2 Å². The van der Waals surface area contributed by atoms with Gasteiger partial charge in [0.15, 0.2) is 0 Å².